The van der Waals surface area contributed by atoms with Gasteiger partial charge in [0.25, 0.3) is 0 Å². The van der Waals surface area contributed by atoms with E-state index in [1.165, 1.54) is 102 Å². The van der Waals surface area contributed by atoms with Crippen LogP contribution in [0.3, 0.4) is 0 Å². The van der Waals surface area contributed by atoms with Crippen molar-refractivity contribution in [3.05, 3.63) is 59.2 Å². The molecule has 4 bridgehead atoms. The van der Waals surface area contributed by atoms with Crippen molar-refractivity contribution in [2.45, 2.75) is 204 Å². The van der Waals surface area contributed by atoms with Gasteiger partial charge >= 0.3 is 12.2 Å². The standard InChI is InChI=1S/C60H84N8O6/c1-33(2)53(65-59(71)73-5)57(69)67-49-13-9-7-11-41(49)31-51(67)55-61-45-25-23-39(29-47(45)63-55)43-27-35-15-19-37(43)21-17-36-16-20-38(22-18-35)44(28-36)40-24-26-46-48(30-40)64-56(62-46)52-32-42-12-8-10-14-50(42)68(52)58(70)54(34(3)4)66-60(72)74-6/h23-26,29-30,33-38,41-44,49-54H,7-22,27-28,31-32H2,1-6H3,(H,61,63)(H,62,64)(H,65,71)(H,66,72)/t35-,36-,37+,38+,41-,42-,43?,44?,49-,50-,51-,52-,53-,54-/m0/s1. The Morgan fingerprint density at radius 3 is 1.30 bits per heavy atom. The number of carbonyl (C=O) groups is 4. The number of aromatic amines is 2. The van der Waals surface area contributed by atoms with E-state index >= 15 is 0 Å². The van der Waals surface area contributed by atoms with Crippen LogP contribution in [0.25, 0.3) is 22.1 Å². The number of ether oxygens (including phenoxy) is 2. The number of nitrogens with zero attached hydrogens (tertiary/aromatic N) is 4. The molecule has 0 spiro atoms. The molecule has 4 aromatic rings. The lowest BCUT2D eigenvalue weighted by Gasteiger charge is -2.42. The lowest BCUT2D eigenvalue weighted by molar-refractivity contribution is -0.139. The Morgan fingerprint density at radius 2 is 0.919 bits per heavy atom. The molecule has 2 aromatic carbocycles. The fourth-order valence-corrected chi connectivity index (χ4v) is 16.2. The zero-order chi connectivity index (χ0) is 51.4. The molecule has 14 nitrogen and oxygen atoms in total. The molecule has 10 atom stereocenters. The maximum Gasteiger partial charge on any atom is 0.407 e. The number of hydrogen-bond acceptors (Lipinski definition) is 8. The van der Waals surface area contributed by atoms with Gasteiger partial charge in [-0.15, -0.1) is 0 Å². The van der Waals surface area contributed by atoms with Crippen LogP contribution >= 0.6 is 0 Å². The predicted octanol–water partition coefficient (Wildman–Crippen LogP) is 12.1. The van der Waals surface area contributed by atoms with Gasteiger partial charge in [0.1, 0.15) is 23.7 Å². The first-order valence-corrected chi connectivity index (χ1v) is 29.2. The Kier molecular flexibility index (Phi) is 14.8. The highest BCUT2D eigenvalue weighted by atomic mass is 16.5. The van der Waals surface area contributed by atoms with Gasteiger partial charge in [-0.1, -0.05) is 91.2 Å². The van der Waals surface area contributed by atoms with Crippen LogP contribution < -0.4 is 10.6 Å². The highest BCUT2D eigenvalue weighted by molar-refractivity contribution is 5.88. The van der Waals surface area contributed by atoms with Crippen LogP contribution in [0.4, 0.5) is 9.59 Å². The van der Waals surface area contributed by atoms with E-state index in [1.807, 2.05) is 27.7 Å². The minimum atomic E-state index is -0.665. The topological polar surface area (TPSA) is 175 Å². The van der Waals surface area contributed by atoms with E-state index in [-0.39, 0.29) is 47.8 Å². The van der Waals surface area contributed by atoms with Crippen molar-refractivity contribution in [1.82, 2.24) is 40.4 Å². The zero-order valence-corrected chi connectivity index (χ0v) is 45.1. The molecule has 74 heavy (non-hydrogen) atoms. The molecule has 0 radical (unpaired) electrons. The molecule has 400 valence electrons. The number of carbonyl (C=O) groups excluding carboxylic acids is 4. The summed E-state index contributed by atoms with van der Waals surface area (Å²) in [6.45, 7) is 7.94. The van der Waals surface area contributed by atoms with Crippen molar-refractivity contribution in [3.63, 3.8) is 0 Å². The molecule has 2 saturated heterocycles. The average Bonchev–Trinajstić information content (AvgIpc) is 4.21. The first kappa shape index (κ1) is 51.0. The molecule has 8 saturated carbocycles. The first-order valence-electron chi connectivity index (χ1n) is 29.2. The Morgan fingerprint density at radius 1 is 0.527 bits per heavy atom. The minimum Gasteiger partial charge on any atom is -0.453 e. The summed E-state index contributed by atoms with van der Waals surface area (Å²) >= 11 is 0. The monoisotopic (exact) mass is 1010 g/mol. The van der Waals surface area contributed by atoms with Gasteiger partial charge in [-0.25, -0.2) is 19.6 Å². The van der Waals surface area contributed by atoms with Crippen LogP contribution in [-0.4, -0.2) is 92.1 Å². The Labute approximate surface area is 438 Å². The van der Waals surface area contributed by atoms with Gasteiger partial charge in [0.2, 0.25) is 11.8 Å². The Bertz CT molecular complexity index is 2500. The second kappa shape index (κ2) is 21.5. The fraction of sp³-hybridized carbons (Fsp3) is 0.700. The molecular formula is C60H84N8O6. The van der Waals surface area contributed by atoms with Gasteiger partial charge in [-0.3, -0.25) is 9.59 Å². The van der Waals surface area contributed by atoms with E-state index in [1.54, 1.807) is 0 Å². The third-order valence-electron chi connectivity index (χ3n) is 20.1. The summed E-state index contributed by atoms with van der Waals surface area (Å²) in [6.07, 6.45) is 22.2. The summed E-state index contributed by atoms with van der Waals surface area (Å²) in [5.41, 5.74) is 6.93. The van der Waals surface area contributed by atoms with Gasteiger partial charge in [0.05, 0.1) is 48.4 Å². The van der Waals surface area contributed by atoms with Crippen LogP contribution in [0.1, 0.15) is 203 Å². The molecule has 4 amide bonds. The van der Waals surface area contributed by atoms with E-state index in [0.29, 0.717) is 47.3 Å². The largest absolute Gasteiger partial charge is 0.453 e. The highest BCUT2D eigenvalue weighted by Gasteiger charge is 2.50. The van der Waals surface area contributed by atoms with Gasteiger partial charge in [-0.2, -0.15) is 0 Å². The molecule has 8 aliphatic carbocycles. The van der Waals surface area contributed by atoms with Gasteiger partial charge in [0.15, 0.2) is 0 Å². The molecule has 2 unspecified atom stereocenters. The van der Waals surface area contributed by atoms with E-state index in [4.69, 9.17) is 19.4 Å². The highest BCUT2D eigenvalue weighted by Crippen LogP contribution is 2.52. The van der Waals surface area contributed by atoms with Gasteiger partial charge in [0, 0.05) is 12.1 Å². The number of fused-ring (bicyclic) bond motifs is 4. The lowest BCUT2D eigenvalue weighted by Crippen LogP contribution is -2.53. The Hall–Kier alpha value is -5.14. The smallest absolute Gasteiger partial charge is 0.407 e. The van der Waals surface area contributed by atoms with Crippen molar-refractivity contribution in [2.24, 2.45) is 47.3 Å². The number of aromatic nitrogens is 4. The summed E-state index contributed by atoms with van der Waals surface area (Å²) in [4.78, 5) is 76.1. The van der Waals surface area contributed by atoms with Crippen LogP contribution in [0.5, 0.6) is 0 Å². The van der Waals surface area contributed by atoms with Crippen molar-refractivity contribution in [3.8, 4) is 0 Å². The summed E-state index contributed by atoms with van der Waals surface area (Å²) in [6, 6.07) is 12.7. The van der Waals surface area contributed by atoms with E-state index < -0.39 is 24.3 Å². The normalized spacial score (nSPS) is 31.9. The Balaban J connectivity index is 0.802. The molecule has 10 aliphatic rings. The van der Waals surface area contributed by atoms with Gasteiger partial charge < -0.3 is 39.9 Å². The maximum atomic E-state index is 14.5. The van der Waals surface area contributed by atoms with E-state index in [9.17, 15) is 19.2 Å². The third kappa shape index (κ3) is 9.93. The summed E-state index contributed by atoms with van der Waals surface area (Å²) in [5, 5.41) is 5.73. The third-order valence-corrected chi connectivity index (χ3v) is 20.1. The number of hydrogen-bond donors (Lipinski definition) is 4. The number of nitrogens with one attached hydrogen (secondary N) is 4. The fourth-order valence-electron chi connectivity index (χ4n) is 16.2. The van der Waals surface area contributed by atoms with Crippen LogP contribution in [0.2, 0.25) is 0 Å². The zero-order valence-electron chi connectivity index (χ0n) is 45.1. The summed E-state index contributed by atoms with van der Waals surface area (Å²) in [7, 11) is 2.70. The molecule has 4 heterocycles. The lowest BCUT2D eigenvalue weighted by atomic mass is 9.63. The number of amides is 4. The molecule has 14 rings (SSSR count). The SMILES string of the molecule is COC(=O)N[C@H](C(=O)N1[C@H](c2nc3ccc(C4C[C@H]5CC[C@@H]4CC[C@@H]4CC[C@H](CC5)C(c5ccc6nc([C@@H]7C[C@@H]8CCCC[C@@H]8N7C(=O)[C@@H](NC(=O)OC)C(C)C)[nH]c6c5)C4)cc3[nH]2)C[C@@H]2CCCC[C@@H]21)C(C)C. The molecule has 14 heteroatoms. The number of methoxy groups -OCH3 is 2. The number of imidazole rings is 2. The predicted molar refractivity (Wildman–Crippen MR) is 286 cm³/mol. The number of rotatable bonds is 10. The van der Waals surface area contributed by atoms with Crippen molar-refractivity contribution in [2.75, 3.05) is 14.2 Å². The summed E-state index contributed by atoms with van der Waals surface area (Å²) in [5.74, 6) is 6.12. The minimum absolute atomic E-state index is 0.0318. The average molecular weight is 1010 g/mol. The van der Waals surface area contributed by atoms with Crippen LogP contribution in [0.15, 0.2) is 36.4 Å². The van der Waals surface area contributed by atoms with Crippen molar-refractivity contribution < 1.29 is 28.7 Å². The number of benzene rings is 2. The molecule has 10 fully saturated rings. The molecule has 2 aliphatic heterocycles. The second-order valence-corrected chi connectivity index (χ2v) is 25.0. The van der Waals surface area contributed by atoms with E-state index in [2.05, 4.69) is 66.8 Å². The second-order valence-electron chi connectivity index (χ2n) is 25.0. The quantitative estimate of drug-likeness (QED) is 0.121. The van der Waals surface area contributed by atoms with Crippen molar-refractivity contribution >= 4 is 46.1 Å². The first-order chi connectivity index (χ1) is 35.8. The van der Waals surface area contributed by atoms with Gasteiger partial charge in [-0.05, 0) is 172 Å². The maximum absolute atomic E-state index is 14.5. The van der Waals surface area contributed by atoms with Crippen LogP contribution in [-0.2, 0) is 19.1 Å². The van der Waals surface area contributed by atoms with Crippen LogP contribution in [0, 0.1) is 47.3 Å². The number of H-pyrrole nitrogens is 2. The molecule has 2 aromatic heterocycles. The van der Waals surface area contributed by atoms with Crippen molar-refractivity contribution in [1.29, 1.82) is 0 Å². The summed E-state index contributed by atoms with van der Waals surface area (Å²) < 4.78 is 9.91. The molecule has 4 N–H and O–H groups in total. The molecular weight excluding hydrogens is 929 g/mol. The number of likely N-dealkylation sites (tertiary alicyclic amines) is 2. The van der Waals surface area contributed by atoms with E-state index in [0.717, 1.165) is 85.1 Å². The number of alkyl carbamates (subject to hydrolysis) is 2.